The van der Waals surface area contributed by atoms with Crippen molar-refractivity contribution in [3.8, 4) is 0 Å². The summed E-state index contributed by atoms with van der Waals surface area (Å²) in [5, 5.41) is 4.33. The average molecular weight is 355 g/mol. The van der Waals surface area contributed by atoms with Crippen molar-refractivity contribution >= 4 is 29.3 Å². The van der Waals surface area contributed by atoms with Crippen LogP contribution in [-0.2, 0) is 16.0 Å². The zero-order chi connectivity index (χ0) is 18.6. The van der Waals surface area contributed by atoms with Gasteiger partial charge in [0.05, 0.1) is 11.6 Å². The predicted octanol–water partition coefficient (Wildman–Crippen LogP) is -0.182. The van der Waals surface area contributed by atoms with E-state index in [1.165, 1.54) is 4.40 Å². The van der Waals surface area contributed by atoms with Gasteiger partial charge in [0.2, 0.25) is 11.8 Å². The van der Waals surface area contributed by atoms with Crippen molar-refractivity contribution in [3.63, 3.8) is 0 Å². The second-order valence-corrected chi connectivity index (χ2v) is 6.50. The maximum Gasteiger partial charge on any atom is 0.328 e. The van der Waals surface area contributed by atoms with Crippen LogP contribution in [0.2, 0.25) is 0 Å². The first-order chi connectivity index (χ1) is 12.4. The molecule has 9 heteroatoms. The van der Waals surface area contributed by atoms with Gasteiger partial charge in [0.25, 0.3) is 5.56 Å². The van der Waals surface area contributed by atoms with Crippen LogP contribution in [0.1, 0.15) is 19.4 Å². The van der Waals surface area contributed by atoms with Gasteiger partial charge in [-0.3, -0.25) is 29.4 Å². The van der Waals surface area contributed by atoms with Crippen molar-refractivity contribution in [3.05, 3.63) is 40.3 Å². The average Bonchev–Trinajstić information content (AvgIpc) is 2.60. The molecule has 4 amide bonds. The van der Waals surface area contributed by atoms with Crippen LogP contribution in [0, 0.1) is 5.41 Å². The van der Waals surface area contributed by atoms with E-state index < -0.39 is 29.3 Å². The highest BCUT2D eigenvalue weighted by Gasteiger charge is 2.59. The summed E-state index contributed by atoms with van der Waals surface area (Å²) in [6.45, 7) is 4.04. The molecule has 1 fully saturated rings. The van der Waals surface area contributed by atoms with Crippen LogP contribution in [-0.4, -0.2) is 39.8 Å². The van der Waals surface area contributed by atoms with Crippen LogP contribution >= 0.6 is 0 Å². The Labute approximate surface area is 148 Å². The number of pyridine rings is 1. The Morgan fingerprint density at radius 2 is 1.88 bits per heavy atom. The molecule has 0 aliphatic carbocycles. The number of carbonyl (C=O) groups is 3. The van der Waals surface area contributed by atoms with Gasteiger partial charge in [-0.05, 0) is 26.0 Å². The summed E-state index contributed by atoms with van der Waals surface area (Å²) in [5.41, 5.74) is -1.12. The molecular formula is C17H17N5O4. The van der Waals surface area contributed by atoms with Crippen molar-refractivity contribution in [2.75, 3.05) is 11.4 Å². The van der Waals surface area contributed by atoms with Crippen LogP contribution in [0.4, 0.5) is 10.6 Å². The predicted molar refractivity (Wildman–Crippen MR) is 91.8 cm³/mol. The fraction of sp³-hybridized carbons (Fsp3) is 0.353. The van der Waals surface area contributed by atoms with Crippen molar-refractivity contribution in [2.45, 2.75) is 26.3 Å². The lowest BCUT2D eigenvalue weighted by Crippen LogP contribution is -2.71. The minimum atomic E-state index is -1.57. The maximum absolute atomic E-state index is 13.0. The van der Waals surface area contributed by atoms with Crippen LogP contribution in [0.15, 0.2) is 29.2 Å². The number of nitrogens with zero attached hydrogens (tertiary/aromatic N) is 3. The number of fused-ring (bicyclic) bond motifs is 2. The number of anilines is 1. The number of hydrogen-bond acceptors (Lipinski definition) is 6. The first-order valence-corrected chi connectivity index (χ1v) is 8.34. The summed E-state index contributed by atoms with van der Waals surface area (Å²) >= 11 is 0. The monoisotopic (exact) mass is 355 g/mol. The second-order valence-electron chi connectivity index (χ2n) is 6.50. The molecular weight excluding hydrogens is 338 g/mol. The second kappa shape index (κ2) is 5.38. The van der Waals surface area contributed by atoms with Gasteiger partial charge in [-0.15, -0.1) is 0 Å². The number of carbonyl (C=O) groups excluding carboxylic acids is 3. The van der Waals surface area contributed by atoms with Crippen LogP contribution in [0.3, 0.4) is 0 Å². The lowest BCUT2D eigenvalue weighted by molar-refractivity contribution is -0.146. The van der Waals surface area contributed by atoms with Crippen LogP contribution < -0.4 is 21.1 Å². The topological polar surface area (TPSA) is 113 Å². The summed E-state index contributed by atoms with van der Waals surface area (Å²) in [5.74, 6) is -0.917. The molecule has 2 aliphatic heterocycles. The summed E-state index contributed by atoms with van der Waals surface area (Å²) < 4.78 is 1.39. The standard InChI is InChI=1S/C17H17N5O4/c1-3-21-9(2)17(14(24)19-16(26)20-15(17)25)8-10-12(21)18-11-6-4-5-7-22(11)13(10)23/h4-7,9H,3,8H2,1-2H3,(H2,19,20,24,25,26). The number of rotatable bonds is 1. The van der Waals surface area contributed by atoms with Crippen molar-refractivity contribution in [2.24, 2.45) is 5.41 Å². The molecule has 1 atom stereocenters. The van der Waals surface area contributed by atoms with Gasteiger partial charge >= 0.3 is 6.03 Å². The van der Waals surface area contributed by atoms with Gasteiger partial charge < -0.3 is 4.90 Å². The lowest BCUT2D eigenvalue weighted by atomic mass is 9.70. The Morgan fingerprint density at radius 3 is 2.54 bits per heavy atom. The Morgan fingerprint density at radius 1 is 1.19 bits per heavy atom. The Hall–Kier alpha value is -3.23. The van der Waals surface area contributed by atoms with Gasteiger partial charge in [-0.25, -0.2) is 9.78 Å². The minimum absolute atomic E-state index is 0.116. The minimum Gasteiger partial charge on any atom is -0.352 e. The maximum atomic E-state index is 13.0. The molecule has 0 aromatic carbocycles. The van der Waals surface area contributed by atoms with E-state index in [1.807, 2.05) is 6.92 Å². The quantitative estimate of drug-likeness (QED) is 0.686. The molecule has 9 nitrogen and oxygen atoms in total. The molecule has 4 rings (SSSR count). The molecule has 134 valence electrons. The van der Waals surface area contributed by atoms with Crippen LogP contribution in [0.5, 0.6) is 0 Å². The van der Waals surface area contributed by atoms with Crippen molar-refractivity contribution in [1.29, 1.82) is 0 Å². The molecule has 0 bridgehead atoms. The highest BCUT2D eigenvalue weighted by Crippen LogP contribution is 2.40. The molecule has 2 aromatic heterocycles. The zero-order valence-electron chi connectivity index (χ0n) is 14.3. The molecule has 26 heavy (non-hydrogen) atoms. The first-order valence-electron chi connectivity index (χ1n) is 8.34. The van der Waals surface area contributed by atoms with Crippen molar-refractivity contribution < 1.29 is 14.4 Å². The highest BCUT2D eigenvalue weighted by atomic mass is 16.2. The molecule has 0 saturated carbocycles. The SMILES string of the molecule is CCN1c2nc3ccccn3c(=O)c2CC2(C(=O)NC(=O)NC2=O)C1C. The molecule has 2 aromatic rings. The van der Waals surface area contributed by atoms with Crippen molar-refractivity contribution in [1.82, 2.24) is 20.0 Å². The summed E-state index contributed by atoms with van der Waals surface area (Å²) in [6, 6.07) is 3.79. The Bertz CT molecular complexity index is 1010. The molecule has 1 saturated heterocycles. The third-order valence-electron chi connectivity index (χ3n) is 5.32. The number of nitrogens with one attached hydrogen (secondary N) is 2. The zero-order valence-corrected chi connectivity index (χ0v) is 14.3. The molecule has 0 radical (unpaired) electrons. The number of urea groups is 1. The fourth-order valence-corrected chi connectivity index (χ4v) is 3.91. The van der Waals surface area contributed by atoms with E-state index in [2.05, 4.69) is 15.6 Å². The normalized spacial score (nSPS) is 21.5. The van der Waals surface area contributed by atoms with E-state index in [1.54, 1.807) is 36.2 Å². The Kier molecular flexibility index (Phi) is 3.36. The number of barbiturate groups is 1. The van der Waals surface area contributed by atoms with E-state index >= 15 is 0 Å². The van der Waals surface area contributed by atoms with Gasteiger partial charge in [0.15, 0.2) is 5.41 Å². The summed E-state index contributed by atoms with van der Waals surface area (Å²) in [6.07, 6.45) is 1.48. The number of aromatic nitrogens is 2. The first kappa shape index (κ1) is 16.2. The molecule has 2 N–H and O–H groups in total. The largest absolute Gasteiger partial charge is 0.352 e. The van der Waals surface area contributed by atoms with Gasteiger partial charge in [-0.2, -0.15) is 0 Å². The van der Waals surface area contributed by atoms with E-state index in [0.29, 0.717) is 18.0 Å². The third kappa shape index (κ3) is 1.94. The summed E-state index contributed by atoms with van der Waals surface area (Å²) in [7, 11) is 0. The smallest absolute Gasteiger partial charge is 0.328 e. The van der Waals surface area contributed by atoms with E-state index in [9.17, 15) is 19.2 Å². The highest BCUT2D eigenvalue weighted by molar-refractivity contribution is 6.20. The summed E-state index contributed by atoms with van der Waals surface area (Å²) in [4.78, 5) is 56.3. The van der Waals surface area contributed by atoms with E-state index in [4.69, 9.17) is 0 Å². The molecule has 1 unspecified atom stereocenters. The van der Waals surface area contributed by atoms with Gasteiger partial charge in [-0.1, -0.05) is 6.07 Å². The van der Waals surface area contributed by atoms with E-state index in [-0.39, 0.29) is 17.5 Å². The number of imide groups is 2. The fourth-order valence-electron chi connectivity index (χ4n) is 3.91. The van der Waals surface area contributed by atoms with Gasteiger partial charge in [0, 0.05) is 19.2 Å². The number of amides is 4. The molecule has 4 heterocycles. The Balaban J connectivity index is 1.99. The number of hydrogen-bond donors (Lipinski definition) is 2. The molecule has 1 spiro atoms. The van der Waals surface area contributed by atoms with E-state index in [0.717, 1.165) is 0 Å². The lowest BCUT2D eigenvalue weighted by Gasteiger charge is -2.47. The third-order valence-corrected chi connectivity index (χ3v) is 5.32. The van der Waals surface area contributed by atoms with Gasteiger partial charge in [0.1, 0.15) is 11.5 Å². The van der Waals surface area contributed by atoms with Crippen LogP contribution in [0.25, 0.3) is 5.65 Å². The molecule has 2 aliphatic rings.